The lowest BCUT2D eigenvalue weighted by atomic mass is 9.74. The Morgan fingerprint density at radius 2 is 1.33 bits per heavy atom. The number of unbranched alkanes of at least 4 members (excludes halogenated alkanes) is 5. The van der Waals surface area contributed by atoms with Crippen LogP contribution < -0.4 is 0 Å². The molecule has 0 aromatic carbocycles. The predicted molar refractivity (Wildman–Crippen MR) is 102 cm³/mol. The second-order valence-electron chi connectivity index (χ2n) is 8.32. The molecule has 2 rings (SSSR count). The molecule has 142 valence electrons. The molecular weight excluding hydrogens is 296 g/mol. The van der Waals surface area contributed by atoms with Gasteiger partial charge >= 0.3 is 0 Å². The van der Waals surface area contributed by atoms with Crippen molar-refractivity contribution in [3.8, 4) is 0 Å². The van der Waals surface area contributed by atoms with E-state index in [2.05, 4.69) is 6.92 Å². The van der Waals surface area contributed by atoms with Crippen LogP contribution in [0.15, 0.2) is 0 Å². The highest BCUT2D eigenvalue weighted by molar-refractivity contribution is 4.93. The first-order valence-electron chi connectivity index (χ1n) is 10.9. The summed E-state index contributed by atoms with van der Waals surface area (Å²) in [6.45, 7) is 2.29. The van der Waals surface area contributed by atoms with Gasteiger partial charge in [-0.25, -0.2) is 0 Å². The summed E-state index contributed by atoms with van der Waals surface area (Å²) in [6.07, 6.45) is 20.5. The molecule has 0 aromatic rings. The molecule has 0 N–H and O–H groups in total. The van der Waals surface area contributed by atoms with E-state index < -0.39 is 0 Å². The van der Waals surface area contributed by atoms with Crippen LogP contribution in [0, 0.1) is 17.8 Å². The smallest absolute Gasteiger partial charge is 0.173 e. The van der Waals surface area contributed by atoms with Crippen LogP contribution in [-0.2, 0) is 9.47 Å². The van der Waals surface area contributed by atoms with E-state index in [1.165, 1.54) is 96.3 Å². The largest absolute Gasteiger partial charge is 0.353 e. The van der Waals surface area contributed by atoms with Gasteiger partial charge in [0.15, 0.2) is 5.79 Å². The monoisotopic (exact) mass is 338 g/mol. The molecule has 24 heavy (non-hydrogen) atoms. The van der Waals surface area contributed by atoms with E-state index >= 15 is 0 Å². The molecule has 0 aliphatic heterocycles. The molecule has 1 unspecified atom stereocenters. The molecule has 2 heteroatoms. The SMILES string of the molecule is CCCCCCCCC(C1CCCC1)C(OC)(OC)C1CCCC1. The zero-order chi connectivity index (χ0) is 17.3. The van der Waals surface area contributed by atoms with Gasteiger partial charge in [0.2, 0.25) is 0 Å². The van der Waals surface area contributed by atoms with Crippen molar-refractivity contribution in [2.45, 2.75) is 109 Å². The molecule has 0 saturated heterocycles. The fourth-order valence-corrected chi connectivity index (χ4v) is 5.62. The van der Waals surface area contributed by atoms with Gasteiger partial charge in [-0.05, 0) is 38.0 Å². The molecule has 0 aromatic heterocycles. The average Bonchev–Trinajstić information content (AvgIpc) is 3.31. The van der Waals surface area contributed by atoms with E-state index in [1.54, 1.807) is 0 Å². The van der Waals surface area contributed by atoms with Crippen molar-refractivity contribution in [3.05, 3.63) is 0 Å². The van der Waals surface area contributed by atoms with Gasteiger partial charge in [0.25, 0.3) is 0 Å². The van der Waals surface area contributed by atoms with Crippen molar-refractivity contribution in [1.82, 2.24) is 0 Å². The molecule has 0 amide bonds. The Kier molecular flexibility index (Phi) is 9.11. The van der Waals surface area contributed by atoms with Gasteiger partial charge in [0, 0.05) is 26.1 Å². The topological polar surface area (TPSA) is 18.5 Å². The zero-order valence-corrected chi connectivity index (χ0v) is 16.7. The van der Waals surface area contributed by atoms with E-state index in [0.29, 0.717) is 11.8 Å². The standard InChI is InChI=1S/C22H42O2/c1-4-5-6-7-8-9-18-21(19-14-10-11-15-19)22(23-2,24-3)20-16-12-13-17-20/h19-21H,4-18H2,1-3H3. The summed E-state index contributed by atoms with van der Waals surface area (Å²) in [5.74, 6) is 1.72. The van der Waals surface area contributed by atoms with Crippen LogP contribution in [0.1, 0.15) is 103 Å². The van der Waals surface area contributed by atoms with Crippen LogP contribution in [0.5, 0.6) is 0 Å². The third-order valence-electron chi connectivity index (χ3n) is 6.92. The Morgan fingerprint density at radius 1 is 0.792 bits per heavy atom. The quantitative estimate of drug-likeness (QED) is 0.290. The molecule has 1 atom stereocenters. The minimum Gasteiger partial charge on any atom is -0.353 e. The van der Waals surface area contributed by atoms with Gasteiger partial charge in [-0.3, -0.25) is 0 Å². The number of rotatable bonds is 12. The van der Waals surface area contributed by atoms with Crippen molar-refractivity contribution < 1.29 is 9.47 Å². The van der Waals surface area contributed by atoms with E-state index in [9.17, 15) is 0 Å². The first-order chi connectivity index (χ1) is 11.8. The Bertz CT molecular complexity index is 312. The molecule has 0 heterocycles. The lowest BCUT2D eigenvalue weighted by Crippen LogP contribution is -2.50. The molecule has 0 radical (unpaired) electrons. The van der Waals surface area contributed by atoms with Crippen LogP contribution in [0.2, 0.25) is 0 Å². The lowest BCUT2D eigenvalue weighted by Gasteiger charge is -2.45. The normalized spacial score (nSPS) is 21.6. The Balaban J connectivity index is 1.99. The molecule has 0 bridgehead atoms. The summed E-state index contributed by atoms with van der Waals surface area (Å²) >= 11 is 0. The van der Waals surface area contributed by atoms with E-state index in [-0.39, 0.29) is 5.79 Å². The van der Waals surface area contributed by atoms with Crippen molar-refractivity contribution >= 4 is 0 Å². The molecule has 2 aliphatic rings. The fraction of sp³-hybridized carbons (Fsp3) is 1.00. The molecule has 0 spiro atoms. The zero-order valence-electron chi connectivity index (χ0n) is 16.7. The highest BCUT2D eigenvalue weighted by Crippen LogP contribution is 2.49. The molecule has 2 nitrogen and oxygen atoms in total. The average molecular weight is 339 g/mol. The van der Waals surface area contributed by atoms with Gasteiger partial charge in [0.1, 0.15) is 0 Å². The first kappa shape index (κ1) is 20.2. The third kappa shape index (κ3) is 4.97. The van der Waals surface area contributed by atoms with Gasteiger partial charge in [0.05, 0.1) is 0 Å². The number of hydrogen-bond donors (Lipinski definition) is 0. The molecule has 2 saturated carbocycles. The van der Waals surface area contributed by atoms with Crippen molar-refractivity contribution in [1.29, 1.82) is 0 Å². The first-order valence-corrected chi connectivity index (χ1v) is 10.9. The molecule has 2 aliphatic carbocycles. The summed E-state index contributed by atoms with van der Waals surface area (Å²) in [4.78, 5) is 0. The maximum Gasteiger partial charge on any atom is 0.173 e. The van der Waals surface area contributed by atoms with Crippen molar-refractivity contribution in [3.63, 3.8) is 0 Å². The van der Waals surface area contributed by atoms with Gasteiger partial charge in [-0.15, -0.1) is 0 Å². The Morgan fingerprint density at radius 3 is 1.92 bits per heavy atom. The number of ether oxygens (including phenoxy) is 2. The van der Waals surface area contributed by atoms with Gasteiger partial charge < -0.3 is 9.47 Å². The number of methoxy groups -OCH3 is 2. The Labute approximate surface area is 151 Å². The second-order valence-corrected chi connectivity index (χ2v) is 8.32. The molecule has 2 fully saturated rings. The van der Waals surface area contributed by atoms with E-state index in [0.717, 1.165) is 5.92 Å². The van der Waals surface area contributed by atoms with E-state index in [4.69, 9.17) is 9.47 Å². The third-order valence-corrected chi connectivity index (χ3v) is 6.92. The van der Waals surface area contributed by atoms with Crippen LogP contribution in [0.25, 0.3) is 0 Å². The summed E-state index contributed by atoms with van der Waals surface area (Å²) < 4.78 is 12.4. The second kappa shape index (κ2) is 10.8. The van der Waals surface area contributed by atoms with Crippen LogP contribution in [0.3, 0.4) is 0 Å². The van der Waals surface area contributed by atoms with Crippen LogP contribution in [0.4, 0.5) is 0 Å². The summed E-state index contributed by atoms with van der Waals surface area (Å²) in [5.41, 5.74) is 0. The lowest BCUT2D eigenvalue weighted by molar-refractivity contribution is -0.281. The highest BCUT2D eigenvalue weighted by atomic mass is 16.7. The highest BCUT2D eigenvalue weighted by Gasteiger charge is 2.49. The van der Waals surface area contributed by atoms with Crippen LogP contribution in [-0.4, -0.2) is 20.0 Å². The van der Waals surface area contributed by atoms with Gasteiger partial charge in [-0.1, -0.05) is 71.1 Å². The molecular formula is C22H42O2. The van der Waals surface area contributed by atoms with Crippen molar-refractivity contribution in [2.75, 3.05) is 14.2 Å². The number of hydrogen-bond acceptors (Lipinski definition) is 2. The van der Waals surface area contributed by atoms with Gasteiger partial charge in [-0.2, -0.15) is 0 Å². The van der Waals surface area contributed by atoms with Crippen LogP contribution >= 0.6 is 0 Å². The fourth-order valence-electron chi connectivity index (χ4n) is 5.62. The van der Waals surface area contributed by atoms with Crippen molar-refractivity contribution in [2.24, 2.45) is 17.8 Å². The summed E-state index contributed by atoms with van der Waals surface area (Å²) in [7, 11) is 3.82. The maximum absolute atomic E-state index is 6.22. The predicted octanol–water partition coefficient (Wildman–Crippen LogP) is 6.72. The summed E-state index contributed by atoms with van der Waals surface area (Å²) in [5, 5.41) is 0. The minimum absolute atomic E-state index is 0.311. The summed E-state index contributed by atoms with van der Waals surface area (Å²) in [6, 6.07) is 0. The Hall–Kier alpha value is -0.0800. The minimum atomic E-state index is -0.311. The van der Waals surface area contributed by atoms with E-state index in [1.807, 2.05) is 14.2 Å². The maximum atomic E-state index is 6.22.